The third-order valence-electron chi connectivity index (χ3n) is 10.2. The van der Waals surface area contributed by atoms with Gasteiger partial charge in [-0.25, -0.2) is 9.07 Å². The molecule has 0 spiro atoms. The number of alkyl halides is 1. The van der Waals surface area contributed by atoms with Gasteiger partial charge in [0, 0.05) is 48.1 Å². The molecule has 4 aromatic rings. The van der Waals surface area contributed by atoms with Crippen molar-refractivity contribution < 1.29 is 14.2 Å². The lowest BCUT2D eigenvalue weighted by molar-refractivity contribution is 0.0785. The Labute approximate surface area is 250 Å². The molecular formula is C34H39FN6O2. The number of halogens is 1. The number of hydrogen-bond acceptors (Lipinski definition) is 7. The lowest BCUT2D eigenvalue weighted by atomic mass is 9.71. The molecule has 224 valence electrons. The van der Waals surface area contributed by atoms with E-state index in [0.29, 0.717) is 37.4 Å². The maximum Gasteiger partial charge on any atom is 0.217 e. The number of benzene rings is 2. The monoisotopic (exact) mass is 582 g/mol. The highest BCUT2D eigenvalue weighted by atomic mass is 19.1. The van der Waals surface area contributed by atoms with Crippen LogP contribution in [0.3, 0.4) is 0 Å². The fourth-order valence-electron chi connectivity index (χ4n) is 8.21. The van der Waals surface area contributed by atoms with Crippen molar-refractivity contribution in [2.75, 3.05) is 24.6 Å². The summed E-state index contributed by atoms with van der Waals surface area (Å²) < 4.78 is 23.3. The number of hydrogen-bond donors (Lipinski definition) is 2. The van der Waals surface area contributed by atoms with Gasteiger partial charge in [0.1, 0.15) is 17.4 Å². The van der Waals surface area contributed by atoms with Gasteiger partial charge in [0.25, 0.3) is 0 Å². The summed E-state index contributed by atoms with van der Waals surface area (Å²) in [6, 6.07) is 12.5. The van der Waals surface area contributed by atoms with Gasteiger partial charge in [-0.1, -0.05) is 42.0 Å². The van der Waals surface area contributed by atoms with Gasteiger partial charge in [-0.2, -0.15) is 4.98 Å². The third-order valence-corrected chi connectivity index (χ3v) is 10.2. The van der Waals surface area contributed by atoms with Gasteiger partial charge in [0.05, 0.1) is 12.3 Å². The van der Waals surface area contributed by atoms with E-state index in [9.17, 15) is 9.50 Å². The Balaban J connectivity index is 1.25. The molecule has 4 atom stereocenters. The van der Waals surface area contributed by atoms with Crippen LogP contribution in [0.15, 0.2) is 48.0 Å². The van der Waals surface area contributed by atoms with Gasteiger partial charge in [-0.05, 0) is 74.8 Å². The largest absolute Gasteiger partial charge is 0.508 e. The molecular weight excluding hydrogens is 543 g/mol. The molecule has 4 bridgehead atoms. The van der Waals surface area contributed by atoms with Gasteiger partial charge >= 0.3 is 0 Å². The van der Waals surface area contributed by atoms with Crippen LogP contribution >= 0.6 is 0 Å². The minimum Gasteiger partial charge on any atom is -0.508 e. The molecule has 4 heterocycles. The van der Waals surface area contributed by atoms with Gasteiger partial charge in [0.15, 0.2) is 11.3 Å². The molecule has 9 heteroatoms. The number of anilines is 1. The van der Waals surface area contributed by atoms with Crippen LogP contribution in [0.1, 0.15) is 63.9 Å². The second kappa shape index (κ2) is 10.5. The molecule has 2 saturated heterocycles. The molecule has 2 aromatic carbocycles. The van der Waals surface area contributed by atoms with E-state index in [1.54, 1.807) is 12.1 Å². The van der Waals surface area contributed by atoms with E-state index in [2.05, 4.69) is 39.6 Å². The number of rotatable bonds is 6. The summed E-state index contributed by atoms with van der Waals surface area (Å²) in [7, 11) is 0. The predicted molar refractivity (Wildman–Crippen MR) is 166 cm³/mol. The quantitative estimate of drug-likeness (QED) is 0.263. The van der Waals surface area contributed by atoms with Crippen molar-refractivity contribution in [2.45, 2.75) is 83.0 Å². The smallest absolute Gasteiger partial charge is 0.217 e. The summed E-state index contributed by atoms with van der Waals surface area (Å²) in [6.45, 7) is 4.28. The van der Waals surface area contributed by atoms with Gasteiger partial charge in [0.2, 0.25) is 5.88 Å². The SMILES string of the molecule is CCc1cccc2cc(O)cc(-n3nnc4c(N5CC6CCC(C5)N6)nc(OC[C@]56CCCC(=CC[C@H](F)C5)C6)cc43)c12. The zero-order chi connectivity index (χ0) is 29.1. The molecule has 2 aromatic heterocycles. The highest BCUT2D eigenvalue weighted by Crippen LogP contribution is 2.46. The summed E-state index contributed by atoms with van der Waals surface area (Å²) in [6.07, 6.45) is 9.50. The van der Waals surface area contributed by atoms with Crippen LogP contribution < -0.4 is 15.0 Å². The summed E-state index contributed by atoms with van der Waals surface area (Å²) >= 11 is 0. The second-order valence-electron chi connectivity index (χ2n) is 13.2. The standard InChI is InChI=1S/C34H39FN6O2/c1-2-22-6-3-7-23-13-27(42)14-28(31(22)23)41-29-15-30(43-20-34-12-4-5-21(16-34)8-9-24(35)17-34)37-33(32(29)38-39-41)40-18-25-10-11-26(19-40)36-25/h3,6-8,13-15,24-26,36,42H,2,4-5,9-12,16-20H2,1H3/t24-,25?,26?,34-/m0/s1. The van der Waals surface area contributed by atoms with Crippen LogP contribution in [0.5, 0.6) is 11.6 Å². The molecule has 2 unspecified atom stereocenters. The van der Waals surface area contributed by atoms with Crippen molar-refractivity contribution in [2.24, 2.45) is 5.41 Å². The van der Waals surface area contributed by atoms with Crippen molar-refractivity contribution in [1.29, 1.82) is 0 Å². The maximum atomic E-state index is 14.9. The molecule has 3 fully saturated rings. The molecule has 2 N–H and O–H groups in total. The van der Waals surface area contributed by atoms with Crippen LogP contribution in [0.2, 0.25) is 0 Å². The number of pyridine rings is 1. The van der Waals surface area contributed by atoms with Gasteiger partial charge in [-0.3, -0.25) is 0 Å². The third kappa shape index (κ3) is 4.82. The fraction of sp³-hybridized carbons (Fsp3) is 0.500. The van der Waals surface area contributed by atoms with Crippen LogP contribution in [0.4, 0.5) is 10.2 Å². The molecule has 8 rings (SSSR count). The van der Waals surface area contributed by atoms with Crippen LogP contribution in [-0.4, -0.2) is 63.0 Å². The van der Waals surface area contributed by atoms with Crippen LogP contribution in [-0.2, 0) is 6.42 Å². The molecule has 0 amide bonds. The van der Waals surface area contributed by atoms with Gasteiger partial charge in [-0.15, -0.1) is 5.10 Å². The molecule has 0 radical (unpaired) electrons. The summed E-state index contributed by atoms with van der Waals surface area (Å²) in [4.78, 5) is 7.40. The molecule has 2 aliphatic heterocycles. The Morgan fingerprint density at radius 2 is 2.02 bits per heavy atom. The van der Waals surface area contributed by atoms with E-state index < -0.39 is 6.17 Å². The lowest BCUT2D eigenvalue weighted by Crippen LogP contribution is -2.51. The number of aromatic hydroxyl groups is 1. The number of aryl methyl sites for hydroxylation is 1. The zero-order valence-corrected chi connectivity index (χ0v) is 24.7. The predicted octanol–water partition coefficient (Wildman–Crippen LogP) is 6.17. The Morgan fingerprint density at radius 1 is 1.16 bits per heavy atom. The summed E-state index contributed by atoms with van der Waals surface area (Å²) in [5.41, 5.74) is 4.63. The molecule has 1 saturated carbocycles. The van der Waals surface area contributed by atoms with E-state index >= 15 is 0 Å². The van der Waals surface area contributed by atoms with Crippen molar-refractivity contribution in [3.8, 4) is 17.3 Å². The number of nitrogens with zero attached hydrogens (tertiary/aromatic N) is 5. The summed E-state index contributed by atoms with van der Waals surface area (Å²) in [5.74, 6) is 1.48. The van der Waals surface area contributed by atoms with E-state index in [1.165, 1.54) is 11.1 Å². The summed E-state index contributed by atoms with van der Waals surface area (Å²) in [5, 5.41) is 25.8. The molecule has 4 aliphatic rings. The van der Waals surface area contributed by atoms with Crippen molar-refractivity contribution in [3.63, 3.8) is 0 Å². The molecule has 8 nitrogen and oxygen atoms in total. The number of phenolic OH excluding ortho intramolecular Hbond substituents is 1. The number of fused-ring (bicyclic) bond motifs is 6. The number of aromatic nitrogens is 4. The molecule has 2 aliphatic carbocycles. The Morgan fingerprint density at radius 3 is 2.86 bits per heavy atom. The zero-order valence-electron chi connectivity index (χ0n) is 24.7. The van der Waals surface area contributed by atoms with Crippen molar-refractivity contribution in [3.05, 3.63) is 53.6 Å². The number of piperazine rings is 1. The van der Waals surface area contributed by atoms with Crippen molar-refractivity contribution >= 4 is 27.6 Å². The van der Waals surface area contributed by atoms with Crippen LogP contribution in [0.25, 0.3) is 27.5 Å². The van der Waals surface area contributed by atoms with Crippen LogP contribution in [0, 0.1) is 5.41 Å². The van der Waals surface area contributed by atoms with Crippen molar-refractivity contribution in [1.82, 2.24) is 25.3 Å². The topological polar surface area (TPSA) is 88.3 Å². The first-order valence-electron chi connectivity index (χ1n) is 15.9. The van der Waals surface area contributed by atoms with E-state index in [1.807, 2.05) is 22.9 Å². The normalized spacial score (nSPS) is 27.0. The minimum atomic E-state index is -0.834. The minimum absolute atomic E-state index is 0.179. The Kier molecular flexibility index (Phi) is 6.54. The average Bonchev–Trinajstić information content (AvgIpc) is 3.56. The maximum absolute atomic E-state index is 14.9. The Bertz CT molecular complexity index is 1720. The lowest BCUT2D eigenvalue weighted by Gasteiger charge is -2.37. The first kappa shape index (κ1) is 26.9. The molecule has 43 heavy (non-hydrogen) atoms. The number of allylic oxidation sites excluding steroid dienone is 2. The number of nitrogens with one attached hydrogen (secondary N) is 1. The second-order valence-corrected chi connectivity index (χ2v) is 13.2. The van der Waals surface area contributed by atoms with E-state index in [0.717, 1.165) is 91.3 Å². The number of phenols is 1. The fourth-order valence-corrected chi connectivity index (χ4v) is 8.21. The van der Waals surface area contributed by atoms with E-state index in [4.69, 9.17) is 9.72 Å². The highest BCUT2D eigenvalue weighted by Gasteiger charge is 2.39. The number of ether oxygens (including phenoxy) is 1. The van der Waals surface area contributed by atoms with Gasteiger partial charge < -0.3 is 20.1 Å². The highest BCUT2D eigenvalue weighted by molar-refractivity contribution is 5.97. The first-order valence-corrected chi connectivity index (χ1v) is 15.9. The first-order chi connectivity index (χ1) is 21.0. The Hall–Kier alpha value is -3.72. The van der Waals surface area contributed by atoms with E-state index in [-0.39, 0.29) is 11.2 Å². The average molecular weight is 583 g/mol.